The van der Waals surface area contributed by atoms with Crippen molar-refractivity contribution in [1.82, 2.24) is 15.3 Å². The summed E-state index contributed by atoms with van der Waals surface area (Å²) in [5, 5.41) is 2.38. The van der Waals surface area contributed by atoms with Crippen molar-refractivity contribution < 1.29 is 9.59 Å². The molecule has 13 heavy (non-hydrogen) atoms. The zero-order chi connectivity index (χ0) is 9.84. The molecular formula is C8H9N3O2. The van der Waals surface area contributed by atoms with Crippen molar-refractivity contribution >= 4 is 11.7 Å². The number of hydrogen-bond donors (Lipinski definition) is 1. The second-order valence-electron chi connectivity index (χ2n) is 2.39. The SMILES string of the molecule is CNC(=O)c1nccnc1C(C)=O. The Balaban J connectivity index is 3.19. The van der Waals surface area contributed by atoms with Gasteiger partial charge in [-0.1, -0.05) is 0 Å². The molecule has 1 heterocycles. The number of carbonyl (C=O) groups excluding carboxylic acids is 2. The van der Waals surface area contributed by atoms with Crippen LogP contribution in [-0.2, 0) is 0 Å². The van der Waals surface area contributed by atoms with Crippen molar-refractivity contribution in [2.75, 3.05) is 7.05 Å². The van der Waals surface area contributed by atoms with E-state index in [2.05, 4.69) is 15.3 Å². The summed E-state index contributed by atoms with van der Waals surface area (Å²) in [7, 11) is 1.47. The third kappa shape index (κ3) is 1.87. The lowest BCUT2D eigenvalue weighted by molar-refractivity contribution is 0.0939. The maximum absolute atomic E-state index is 11.2. The first-order valence-corrected chi connectivity index (χ1v) is 3.71. The number of aromatic nitrogens is 2. The summed E-state index contributed by atoms with van der Waals surface area (Å²) in [5.74, 6) is -0.676. The molecule has 0 aliphatic rings. The van der Waals surface area contributed by atoms with Crippen LogP contribution >= 0.6 is 0 Å². The first-order chi connectivity index (χ1) is 6.16. The fourth-order valence-electron chi connectivity index (χ4n) is 0.880. The van der Waals surface area contributed by atoms with E-state index in [-0.39, 0.29) is 17.2 Å². The first-order valence-electron chi connectivity index (χ1n) is 3.71. The van der Waals surface area contributed by atoms with Gasteiger partial charge < -0.3 is 5.32 Å². The zero-order valence-electron chi connectivity index (χ0n) is 7.37. The molecule has 0 fully saturated rings. The lowest BCUT2D eigenvalue weighted by atomic mass is 10.2. The van der Waals surface area contributed by atoms with Crippen molar-refractivity contribution in [3.8, 4) is 0 Å². The van der Waals surface area contributed by atoms with E-state index in [0.717, 1.165) is 0 Å². The summed E-state index contributed by atoms with van der Waals surface area (Å²) in [5.41, 5.74) is 0.166. The second-order valence-corrected chi connectivity index (χ2v) is 2.39. The fraction of sp³-hybridized carbons (Fsp3) is 0.250. The summed E-state index contributed by atoms with van der Waals surface area (Å²) in [6.45, 7) is 1.34. The smallest absolute Gasteiger partial charge is 0.272 e. The van der Waals surface area contributed by atoms with E-state index in [0.29, 0.717) is 0 Å². The Morgan fingerprint density at radius 3 is 2.23 bits per heavy atom. The van der Waals surface area contributed by atoms with Crippen molar-refractivity contribution in [2.24, 2.45) is 0 Å². The molecule has 1 N–H and O–H groups in total. The van der Waals surface area contributed by atoms with Gasteiger partial charge in [0.25, 0.3) is 5.91 Å². The molecule has 5 nitrogen and oxygen atoms in total. The topological polar surface area (TPSA) is 72.0 Å². The van der Waals surface area contributed by atoms with Crippen molar-refractivity contribution in [2.45, 2.75) is 6.92 Å². The lowest BCUT2D eigenvalue weighted by Crippen LogP contribution is -2.22. The molecule has 0 saturated carbocycles. The van der Waals surface area contributed by atoms with Gasteiger partial charge in [-0.25, -0.2) is 9.97 Å². The molecule has 0 bridgehead atoms. The van der Waals surface area contributed by atoms with Gasteiger partial charge >= 0.3 is 0 Å². The number of rotatable bonds is 2. The number of Topliss-reactive ketones (excluding diaryl/α,β-unsaturated/α-hetero) is 1. The number of hydrogen-bond acceptors (Lipinski definition) is 4. The molecule has 68 valence electrons. The van der Waals surface area contributed by atoms with Crippen LogP contribution in [0.4, 0.5) is 0 Å². The summed E-state index contributed by atoms with van der Waals surface area (Å²) in [4.78, 5) is 29.7. The predicted octanol–water partition coefficient (Wildman–Crippen LogP) is 0.0388. The Morgan fingerprint density at radius 2 is 1.77 bits per heavy atom. The summed E-state index contributed by atoms with van der Waals surface area (Å²) in [6.07, 6.45) is 2.75. The van der Waals surface area contributed by atoms with Gasteiger partial charge in [-0.15, -0.1) is 0 Å². The highest BCUT2D eigenvalue weighted by Gasteiger charge is 2.15. The number of nitrogens with one attached hydrogen (secondary N) is 1. The predicted molar refractivity (Wildman–Crippen MR) is 45.4 cm³/mol. The molecule has 1 rings (SSSR count). The van der Waals surface area contributed by atoms with Gasteiger partial charge in [0.15, 0.2) is 11.5 Å². The van der Waals surface area contributed by atoms with E-state index in [1.807, 2.05) is 0 Å². The molecule has 0 radical (unpaired) electrons. The molecule has 0 spiro atoms. The van der Waals surface area contributed by atoms with E-state index < -0.39 is 5.91 Å². The Labute approximate surface area is 75.2 Å². The van der Waals surface area contributed by atoms with Gasteiger partial charge in [-0.2, -0.15) is 0 Å². The quantitative estimate of drug-likeness (QED) is 0.650. The first kappa shape index (κ1) is 9.31. The van der Waals surface area contributed by atoms with Crippen LogP contribution in [0, 0.1) is 0 Å². The van der Waals surface area contributed by atoms with Crippen LogP contribution in [0.2, 0.25) is 0 Å². The number of amides is 1. The molecule has 5 heteroatoms. The monoisotopic (exact) mass is 179 g/mol. The second kappa shape index (κ2) is 3.75. The van der Waals surface area contributed by atoms with Gasteiger partial charge in [-0.05, 0) is 0 Å². The van der Waals surface area contributed by atoms with Gasteiger partial charge in [0, 0.05) is 26.4 Å². The zero-order valence-corrected chi connectivity index (χ0v) is 7.37. The maximum atomic E-state index is 11.2. The standard InChI is InChI=1S/C8H9N3O2/c1-5(12)6-7(8(13)9-2)11-4-3-10-6/h3-4H,1-2H3,(H,9,13). The minimum Gasteiger partial charge on any atom is -0.354 e. The van der Waals surface area contributed by atoms with Crippen LogP contribution in [0.1, 0.15) is 27.9 Å². The minimum atomic E-state index is -0.404. The molecule has 0 aliphatic carbocycles. The summed E-state index contributed by atoms with van der Waals surface area (Å²) in [6, 6.07) is 0. The Morgan fingerprint density at radius 1 is 1.23 bits per heavy atom. The molecule has 0 aliphatic heterocycles. The van der Waals surface area contributed by atoms with Crippen LogP contribution in [0.25, 0.3) is 0 Å². The van der Waals surface area contributed by atoms with Crippen molar-refractivity contribution in [1.29, 1.82) is 0 Å². The maximum Gasteiger partial charge on any atom is 0.272 e. The Kier molecular flexibility index (Phi) is 2.69. The van der Waals surface area contributed by atoms with Crippen LogP contribution in [0.15, 0.2) is 12.4 Å². The van der Waals surface area contributed by atoms with E-state index in [9.17, 15) is 9.59 Å². The van der Waals surface area contributed by atoms with Gasteiger partial charge in [-0.3, -0.25) is 9.59 Å². The van der Waals surface area contributed by atoms with Crippen LogP contribution in [0.3, 0.4) is 0 Å². The third-order valence-corrected chi connectivity index (χ3v) is 1.47. The molecule has 0 atom stereocenters. The highest BCUT2D eigenvalue weighted by atomic mass is 16.2. The molecule has 0 saturated heterocycles. The molecule has 0 unspecified atom stereocenters. The molecule has 0 aromatic carbocycles. The van der Waals surface area contributed by atoms with Gasteiger partial charge in [0.05, 0.1) is 0 Å². The number of carbonyl (C=O) groups is 2. The lowest BCUT2D eigenvalue weighted by Gasteiger charge is -2.01. The van der Waals surface area contributed by atoms with E-state index in [1.165, 1.54) is 26.4 Å². The minimum absolute atomic E-state index is 0.0671. The van der Waals surface area contributed by atoms with Crippen molar-refractivity contribution in [3.05, 3.63) is 23.8 Å². The van der Waals surface area contributed by atoms with Crippen molar-refractivity contribution in [3.63, 3.8) is 0 Å². The third-order valence-electron chi connectivity index (χ3n) is 1.47. The average Bonchev–Trinajstić information content (AvgIpc) is 2.16. The molecule has 1 aromatic heterocycles. The Hall–Kier alpha value is -1.78. The van der Waals surface area contributed by atoms with E-state index in [4.69, 9.17) is 0 Å². The summed E-state index contributed by atoms with van der Waals surface area (Å²) < 4.78 is 0. The largest absolute Gasteiger partial charge is 0.354 e. The molecule has 1 aromatic rings. The van der Waals surface area contributed by atoms with Crippen LogP contribution in [-0.4, -0.2) is 28.7 Å². The van der Waals surface area contributed by atoms with Crippen LogP contribution in [0.5, 0.6) is 0 Å². The normalized spacial score (nSPS) is 9.38. The highest BCUT2D eigenvalue weighted by Crippen LogP contribution is 2.01. The fourth-order valence-corrected chi connectivity index (χ4v) is 0.880. The van der Waals surface area contributed by atoms with E-state index >= 15 is 0 Å². The van der Waals surface area contributed by atoms with Gasteiger partial charge in [0.1, 0.15) is 5.69 Å². The average molecular weight is 179 g/mol. The number of ketones is 1. The Bertz CT molecular complexity index is 349. The molecular weight excluding hydrogens is 170 g/mol. The number of nitrogens with zero attached hydrogens (tertiary/aromatic N) is 2. The van der Waals surface area contributed by atoms with Crippen LogP contribution < -0.4 is 5.32 Å². The molecule has 1 amide bonds. The van der Waals surface area contributed by atoms with Gasteiger partial charge in [0.2, 0.25) is 0 Å². The summed E-state index contributed by atoms with van der Waals surface area (Å²) >= 11 is 0. The van der Waals surface area contributed by atoms with E-state index in [1.54, 1.807) is 0 Å². The highest BCUT2D eigenvalue weighted by molar-refractivity contribution is 6.04.